The number of hydrogen-bond acceptors (Lipinski definition) is 3. The Balaban J connectivity index is 2.11. The Morgan fingerprint density at radius 2 is 2.21 bits per heavy atom. The van der Waals surface area contributed by atoms with Crippen molar-refractivity contribution in [2.24, 2.45) is 0 Å². The van der Waals surface area contributed by atoms with Crippen LogP contribution in [-0.4, -0.2) is 34.3 Å². The normalized spacial score (nSPS) is 27.0. The Kier molecular flexibility index (Phi) is 4.74. The van der Waals surface area contributed by atoms with Crippen LogP contribution in [0.3, 0.4) is 0 Å². The third-order valence-corrected chi connectivity index (χ3v) is 4.52. The summed E-state index contributed by atoms with van der Waals surface area (Å²) in [5.41, 5.74) is 0. The minimum Gasteiger partial charge on any atom is -0.396 e. The maximum Gasteiger partial charge on any atom is 0.0431 e. The quantitative estimate of drug-likeness (QED) is 0.668. The van der Waals surface area contributed by atoms with Gasteiger partial charge in [0.25, 0.3) is 0 Å². The highest BCUT2D eigenvalue weighted by Gasteiger charge is 2.39. The van der Waals surface area contributed by atoms with Crippen molar-refractivity contribution in [3.63, 3.8) is 0 Å². The van der Waals surface area contributed by atoms with Crippen LogP contribution in [-0.2, 0) is 0 Å². The first kappa shape index (κ1) is 12.3. The highest BCUT2D eigenvalue weighted by Crippen LogP contribution is 2.40. The second kappa shape index (κ2) is 5.38. The van der Waals surface area contributed by atoms with Crippen molar-refractivity contribution in [2.45, 2.75) is 56.9 Å². The van der Waals surface area contributed by atoms with Crippen molar-refractivity contribution < 1.29 is 5.11 Å². The molecule has 2 N–H and O–H groups in total. The van der Waals surface area contributed by atoms with E-state index in [1.54, 1.807) is 0 Å². The van der Waals surface area contributed by atoms with Gasteiger partial charge in [-0.2, -0.15) is 11.8 Å². The first-order chi connectivity index (χ1) is 6.56. The Morgan fingerprint density at radius 3 is 2.64 bits per heavy atom. The van der Waals surface area contributed by atoms with Gasteiger partial charge >= 0.3 is 0 Å². The number of hydrogen-bond donors (Lipinski definition) is 2. The van der Waals surface area contributed by atoms with E-state index >= 15 is 0 Å². The summed E-state index contributed by atoms with van der Waals surface area (Å²) in [5.74, 6) is 1.25. The minimum absolute atomic E-state index is 0.331. The van der Waals surface area contributed by atoms with Gasteiger partial charge < -0.3 is 10.4 Å². The molecule has 0 amide bonds. The van der Waals surface area contributed by atoms with Crippen molar-refractivity contribution >= 4 is 11.8 Å². The summed E-state index contributed by atoms with van der Waals surface area (Å²) < 4.78 is 0.422. The minimum atomic E-state index is 0.331. The van der Waals surface area contributed by atoms with Gasteiger partial charge in [-0.1, -0.05) is 0 Å². The maximum atomic E-state index is 8.68. The smallest absolute Gasteiger partial charge is 0.0431 e. The Morgan fingerprint density at radius 1 is 1.50 bits per heavy atom. The number of rotatable bonds is 6. The summed E-state index contributed by atoms with van der Waals surface area (Å²) in [6.07, 6.45) is 3.25. The van der Waals surface area contributed by atoms with E-state index in [-0.39, 0.29) is 0 Å². The molecule has 1 heterocycles. The first-order valence-electron chi connectivity index (χ1n) is 5.57. The monoisotopic (exact) mass is 217 g/mol. The largest absolute Gasteiger partial charge is 0.396 e. The summed E-state index contributed by atoms with van der Waals surface area (Å²) in [7, 11) is 0. The van der Waals surface area contributed by atoms with Gasteiger partial charge in [-0.15, -0.1) is 0 Å². The van der Waals surface area contributed by atoms with E-state index in [1.807, 2.05) is 11.8 Å². The molecule has 1 saturated heterocycles. The van der Waals surface area contributed by atoms with E-state index in [2.05, 4.69) is 26.1 Å². The molecule has 0 bridgehead atoms. The summed E-state index contributed by atoms with van der Waals surface area (Å²) in [6, 6.07) is 1.27. The second-order valence-corrected chi connectivity index (χ2v) is 6.43. The molecule has 84 valence electrons. The van der Waals surface area contributed by atoms with Crippen LogP contribution in [0.25, 0.3) is 0 Å². The van der Waals surface area contributed by atoms with Crippen LogP contribution in [0.5, 0.6) is 0 Å². The van der Waals surface area contributed by atoms with Gasteiger partial charge in [0.05, 0.1) is 0 Å². The Bertz CT molecular complexity index is 173. The highest BCUT2D eigenvalue weighted by atomic mass is 32.2. The van der Waals surface area contributed by atoms with Crippen LogP contribution in [0.2, 0.25) is 0 Å². The zero-order chi connectivity index (χ0) is 10.6. The highest BCUT2D eigenvalue weighted by molar-refractivity contribution is 8.02. The zero-order valence-corrected chi connectivity index (χ0v) is 10.4. The van der Waals surface area contributed by atoms with Crippen molar-refractivity contribution in [2.75, 3.05) is 12.4 Å². The number of nitrogens with one attached hydrogen (secondary N) is 1. The molecule has 0 saturated carbocycles. The van der Waals surface area contributed by atoms with Crippen LogP contribution >= 0.6 is 11.8 Å². The van der Waals surface area contributed by atoms with E-state index in [0.717, 1.165) is 12.8 Å². The van der Waals surface area contributed by atoms with Crippen LogP contribution in [0.1, 0.15) is 40.0 Å². The lowest BCUT2D eigenvalue weighted by atomic mass is 10.0. The maximum absolute atomic E-state index is 8.68. The summed E-state index contributed by atoms with van der Waals surface area (Å²) in [5, 5.41) is 12.3. The van der Waals surface area contributed by atoms with Crippen molar-refractivity contribution in [1.82, 2.24) is 5.32 Å². The van der Waals surface area contributed by atoms with Gasteiger partial charge in [-0.05, 0) is 40.0 Å². The molecule has 1 rings (SSSR count). The third-order valence-electron chi connectivity index (χ3n) is 2.99. The average molecular weight is 217 g/mol. The van der Waals surface area contributed by atoms with Gasteiger partial charge in [-0.25, -0.2) is 0 Å². The van der Waals surface area contributed by atoms with E-state index in [1.165, 1.54) is 12.2 Å². The number of unbranched alkanes of at least 4 members (excludes halogenated alkanes) is 1. The van der Waals surface area contributed by atoms with Crippen molar-refractivity contribution in [3.05, 3.63) is 0 Å². The van der Waals surface area contributed by atoms with Crippen LogP contribution in [0.15, 0.2) is 0 Å². The lowest BCUT2D eigenvalue weighted by Crippen LogP contribution is -2.56. The summed E-state index contributed by atoms with van der Waals surface area (Å²) >= 11 is 2.04. The molecule has 0 aromatic heterocycles. The molecule has 1 fully saturated rings. The zero-order valence-electron chi connectivity index (χ0n) is 9.55. The molecular formula is C11H23NOS. The molecule has 0 aromatic rings. The molecule has 0 spiro atoms. The molecule has 2 unspecified atom stereocenters. The molecule has 14 heavy (non-hydrogen) atoms. The molecule has 1 aliphatic heterocycles. The van der Waals surface area contributed by atoms with E-state index in [0.29, 0.717) is 23.4 Å². The number of aliphatic hydroxyl groups excluding tert-OH is 1. The lowest BCUT2D eigenvalue weighted by molar-refractivity contribution is 0.277. The standard InChI is InChI=1S/C11H23NOS/c1-9(6-4-5-7-13)12-10-8-14-11(10,2)3/h9-10,12-13H,4-8H2,1-3H3. The molecule has 3 heteroatoms. The van der Waals surface area contributed by atoms with Crippen molar-refractivity contribution in [1.29, 1.82) is 0 Å². The number of thioether (sulfide) groups is 1. The van der Waals surface area contributed by atoms with Gasteiger partial charge in [0, 0.05) is 29.2 Å². The molecular weight excluding hydrogens is 194 g/mol. The fourth-order valence-corrected chi connectivity index (χ4v) is 2.90. The summed E-state index contributed by atoms with van der Waals surface area (Å²) in [6.45, 7) is 7.19. The topological polar surface area (TPSA) is 32.3 Å². The second-order valence-electron chi connectivity index (χ2n) is 4.75. The number of aliphatic hydroxyl groups is 1. The van der Waals surface area contributed by atoms with Gasteiger partial charge in [0.1, 0.15) is 0 Å². The fourth-order valence-electron chi connectivity index (χ4n) is 1.74. The Hall–Kier alpha value is 0.270. The van der Waals surface area contributed by atoms with E-state index in [9.17, 15) is 0 Å². The fraction of sp³-hybridized carbons (Fsp3) is 1.00. The molecule has 0 aromatic carbocycles. The van der Waals surface area contributed by atoms with E-state index in [4.69, 9.17) is 5.11 Å². The van der Waals surface area contributed by atoms with Gasteiger partial charge in [0.2, 0.25) is 0 Å². The molecule has 0 aliphatic carbocycles. The molecule has 1 aliphatic rings. The lowest BCUT2D eigenvalue weighted by Gasteiger charge is -2.45. The summed E-state index contributed by atoms with van der Waals surface area (Å²) in [4.78, 5) is 0. The van der Waals surface area contributed by atoms with Crippen LogP contribution < -0.4 is 5.32 Å². The molecule has 2 atom stereocenters. The van der Waals surface area contributed by atoms with E-state index < -0.39 is 0 Å². The third kappa shape index (κ3) is 3.44. The van der Waals surface area contributed by atoms with Gasteiger partial charge in [-0.3, -0.25) is 0 Å². The first-order valence-corrected chi connectivity index (χ1v) is 6.55. The predicted molar refractivity (Wildman–Crippen MR) is 63.9 cm³/mol. The molecule has 2 nitrogen and oxygen atoms in total. The predicted octanol–water partition coefficient (Wildman–Crippen LogP) is 2.02. The Labute approximate surface area is 91.9 Å². The molecule has 0 radical (unpaired) electrons. The average Bonchev–Trinajstić information content (AvgIpc) is 2.13. The van der Waals surface area contributed by atoms with Gasteiger partial charge in [0.15, 0.2) is 0 Å². The SMILES string of the molecule is CC(CCCCO)NC1CSC1(C)C. The van der Waals surface area contributed by atoms with Crippen LogP contribution in [0, 0.1) is 0 Å². The van der Waals surface area contributed by atoms with Crippen LogP contribution in [0.4, 0.5) is 0 Å². The van der Waals surface area contributed by atoms with Crippen molar-refractivity contribution in [3.8, 4) is 0 Å².